The first-order valence-corrected chi connectivity index (χ1v) is 3.79. The number of nitriles is 1. The second-order valence-corrected chi connectivity index (χ2v) is 2.19. The van der Waals surface area contributed by atoms with Crippen LogP contribution in [-0.2, 0) is 4.79 Å². The van der Waals surface area contributed by atoms with E-state index in [4.69, 9.17) is 10.4 Å². The summed E-state index contributed by atoms with van der Waals surface area (Å²) in [6.07, 6.45) is 8.22. The Morgan fingerprint density at radius 3 is 2.21 bits per heavy atom. The number of nitrogens with zero attached hydrogens (tertiary/aromatic N) is 1. The first-order valence-electron chi connectivity index (χ1n) is 3.79. The van der Waals surface area contributed by atoms with E-state index in [1.807, 2.05) is 6.07 Å². The molecule has 0 unspecified atom stereocenters. The van der Waals surface area contributed by atoms with Crippen molar-refractivity contribution in [2.45, 2.75) is 6.92 Å². The first kappa shape index (κ1) is 14.4. The zero-order valence-electron chi connectivity index (χ0n) is 8.10. The Morgan fingerprint density at radius 2 is 1.93 bits per heavy atom. The summed E-state index contributed by atoms with van der Waals surface area (Å²) in [5.74, 6) is -0.935. The van der Waals surface area contributed by atoms with Gasteiger partial charge in [0.25, 0.3) is 0 Å². The van der Waals surface area contributed by atoms with Crippen molar-refractivity contribution in [3.8, 4) is 6.07 Å². The van der Waals surface area contributed by atoms with Gasteiger partial charge in [-0.1, -0.05) is 37.5 Å². The minimum Gasteiger partial charge on any atom is -0.478 e. The highest BCUT2D eigenvalue weighted by molar-refractivity contribution is 5.84. The molecule has 0 bridgehead atoms. The third kappa shape index (κ3) is 16.5. The van der Waals surface area contributed by atoms with Crippen molar-refractivity contribution >= 4 is 5.97 Å². The van der Waals surface area contributed by atoms with Crippen LogP contribution >= 0.6 is 0 Å². The fraction of sp³-hybridized carbons (Fsp3) is 0.0909. The summed E-state index contributed by atoms with van der Waals surface area (Å²) in [7, 11) is 0. The minimum absolute atomic E-state index is 0.176. The smallest absolute Gasteiger partial charge is 0.330 e. The SMILES string of the molecule is C=C(C)C(=O)O.C=CC=CC=CC#N. The molecule has 1 N–H and O–H groups in total. The third-order valence-electron chi connectivity index (χ3n) is 0.894. The van der Waals surface area contributed by atoms with Gasteiger partial charge >= 0.3 is 5.97 Å². The fourth-order valence-electron chi connectivity index (χ4n) is 0.241. The van der Waals surface area contributed by atoms with Gasteiger partial charge in [-0.05, 0) is 6.92 Å². The molecule has 0 fully saturated rings. The highest BCUT2D eigenvalue weighted by Crippen LogP contribution is 1.81. The van der Waals surface area contributed by atoms with Crippen LogP contribution in [-0.4, -0.2) is 11.1 Å². The molecule has 0 saturated carbocycles. The Bertz CT molecular complexity index is 281. The van der Waals surface area contributed by atoms with Crippen LogP contribution in [0.25, 0.3) is 0 Å². The predicted octanol–water partition coefficient (Wildman–Crippen LogP) is 2.46. The van der Waals surface area contributed by atoms with E-state index in [2.05, 4.69) is 13.2 Å². The first-order chi connectivity index (χ1) is 6.56. The van der Waals surface area contributed by atoms with Crippen LogP contribution in [0.2, 0.25) is 0 Å². The Labute approximate surface area is 84.0 Å². The van der Waals surface area contributed by atoms with Crippen molar-refractivity contribution in [1.29, 1.82) is 5.26 Å². The molecule has 0 heterocycles. The van der Waals surface area contributed by atoms with Gasteiger partial charge in [-0.25, -0.2) is 4.79 Å². The Balaban J connectivity index is 0. The van der Waals surface area contributed by atoms with E-state index in [-0.39, 0.29) is 5.57 Å². The van der Waals surface area contributed by atoms with E-state index in [1.54, 1.807) is 24.3 Å². The summed E-state index contributed by atoms with van der Waals surface area (Å²) < 4.78 is 0. The Kier molecular flexibility index (Phi) is 11.3. The maximum Gasteiger partial charge on any atom is 0.330 e. The fourth-order valence-corrected chi connectivity index (χ4v) is 0.241. The number of allylic oxidation sites excluding steroid dienone is 5. The van der Waals surface area contributed by atoms with Crippen LogP contribution in [0.5, 0.6) is 0 Å². The topological polar surface area (TPSA) is 61.1 Å². The van der Waals surface area contributed by atoms with E-state index in [9.17, 15) is 4.79 Å². The molecule has 0 aliphatic rings. The molecule has 0 amide bonds. The molecule has 0 atom stereocenters. The summed E-state index contributed by atoms with van der Waals surface area (Å²) in [5, 5.41) is 15.9. The molecular weight excluding hydrogens is 178 g/mol. The molecule has 3 nitrogen and oxygen atoms in total. The lowest BCUT2D eigenvalue weighted by molar-refractivity contribution is -0.132. The molecule has 0 saturated heterocycles. The molecule has 0 spiro atoms. The lowest BCUT2D eigenvalue weighted by Gasteiger charge is -1.79. The summed E-state index contributed by atoms with van der Waals surface area (Å²) in [6.45, 7) is 8.06. The predicted molar refractivity (Wildman–Crippen MR) is 56.5 cm³/mol. The second kappa shape index (κ2) is 10.9. The number of rotatable bonds is 3. The van der Waals surface area contributed by atoms with Gasteiger partial charge < -0.3 is 5.11 Å². The molecule has 0 radical (unpaired) electrons. The van der Waals surface area contributed by atoms with E-state index < -0.39 is 5.97 Å². The van der Waals surface area contributed by atoms with Crippen LogP contribution in [0.1, 0.15) is 6.92 Å². The van der Waals surface area contributed by atoms with Gasteiger partial charge in [0.05, 0.1) is 6.07 Å². The van der Waals surface area contributed by atoms with Crippen LogP contribution in [0, 0.1) is 11.3 Å². The van der Waals surface area contributed by atoms with Crippen molar-refractivity contribution in [1.82, 2.24) is 0 Å². The van der Waals surface area contributed by atoms with E-state index in [0.717, 1.165) is 0 Å². The number of carboxylic acids is 1. The van der Waals surface area contributed by atoms with Crippen molar-refractivity contribution in [3.05, 3.63) is 49.1 Å². The third-order valence-corrected chi connectivity index (χ3v) is 0.894. The average Bonchev–Trinajstić information content (AvgIpc) is 2.13. The van der Waals surface area contributed by atoms with Gasteiger partial charge in [-0.3, -0.25) is 0 Å². The molecule has 14 heavy (non-hydrogen) atoms. The molecule has 0 aromatic rings. The average molecular weight is 191 g/mol. The quantitative estimate of drug-likeness (QED) is 0.423. The van der Waals surface area contributed by atoms with Gasteiger partial charge in [0.1, 0.15) is 0 Å². The van der Waals surface area contributed by atoms with E-state index >= 15 is 0 Å². The van der Waals surface area contributed by atoms with E-state index in [1.165, 1.54) is 13.0 Å². The molecular formula is C11H13NO2. The number of carboxylic acid groups (broad SMARTS) is 1. The lowest BCUT2D eigenvalue weighted by atomic mass is 10.4. The number of hydrogen-bond acceptors (Lipinski definition) is 2. The van der Waals surface area contributed by atoms with Crippen LogP contribution in [0.15, 0.2) is 49.1 Å². The standard InChI is InChI=1S/C7H7N.C4H6O2/c1-2-3-4-5-6-7-8;1-3(2)4(5)6/h2-6H,1H2;1H2,2H3,(H,5,6). The monoisotopic (exact) mass is 191 g/mol. The highest BCUT2D eigenvalue weighted by Gasteiger charge is 1.90. The van der Waals surface area contributed by atoms with Gasteiger partial charge in [0.15, 0.2) is 0 Å². The largest absolute Gasteiger partial charge is 0.478 e. The van der Waals surface area contributed by atoms with Crippen molar-refractivity contribution in [2.75, 3.05) is 0 Å². The maximum atomic E-state index is 9.60. The van der Waals surface area contributed by atoms with Crippen molar-refractivity contribution in [2.24, 2.45) is 0 Å². The molecule has 3 heteroatoms. The van der Waals surface area contributed by atoms with Gasteiger partial charge in [0, 0.05) is 11.6 Å². The summed E-state index contributed by atoms with van der Waals surface area (Å²) in [6, 6.07) is 1.86. The van der Waals surface area contributed by atoms with Crippen molar-refractivity contribution in [3.63, 3.8) is 0 Å². The number of aliphatic carboxylic acids is 1. The van der Waals surface area contributed by atoms with Gasteiger partial charge in [-0.2, -0.15) is 5.26 Å². The zero-order valence-corrected chi connectivity index (χ0v) is 8.10. The zero-order chi connectivity index (χ0) is 11.4. The molecule has 0 aliphatic carbocycles. The normalized spacial score (nSPS) is 8.86. The van der Waals surface area contributed by atoms with Gasteiger partial charge in [-0.15, -0.1) is 0 Å². The van der Waals surface area contributed by atoms with Crippen LogP contribution in [0.3, 0.4) is 0 Å². The maximum absolute atomic E-state index is 9.60. The van der Waals surface area contributed by atoms with E-state index in [0.29, 0.717) is 0 Å². The number of carbonyl (C=O) groups is 1. The minimum atomic E-state index is -0.935. The lowest BCUT2D eigenvalue weighted by Crippen LogP contribution is -1.92. The van der Waals surface area contributed by atoms with Crippen molar-refractivity contribution < 1.29 is 9.90 Å². The summed E-state index contributed by atoms with van der Waals surface area (Å²) in [4.78, 5) is 9.60. The number of hydrogen-bond donors (Lipinski definition) is 1. The van der Waals surface area contributed by atoms with Gasteiger partial charge in [0.2, 0.25) is 0 Å². The highest BCUT2D eigenvalue weighted by atomic mass is 16.4. The summed E-state index contributed by atoms with van der Waals surface area (Å²) in [5.41, 5.74) is 0.176. The summed E-state index contributed by atoms with van der Waals surface area (Å²) >= 11 is 0. The molecule has 74 valence electrons. The van der Waals surface area contributed by atoms with Crippen LogP contribution in [0.4, 0.5) is 0 Å². The molecule has 0 rings (SSSR count). The Hall–Kier alpha value is -2.08. The molecule has 0 aromatic heterocycles. The second-order valence-electron chi connectivity index (χ2n) is 2.19. The molecule has 0 aromatic carbocycles. The Morgan fingerprint density at radius 1 is 1.43 bits per heavy atom. The van der Waals surface area contributed by atoms with Crippen LogP contribution < -0.4 is 0 Å². The molecule has 0 aliphatic heterocycles.